The van der Waals surface area contributed by atoms with Gasteiger partial charge in [0.25, 0.3) is 11.8 Å². The summed E-state index contributed by atoms with van der Waals surface area (Å²) in [6.07, 6.45) is 4.14. The predicted octanol–water partition coefficient (Wildman–Crippen LogP) is 3.36. The van der Waals surface area contributed by atoms with Crippen LogP contribution in [-0.4, -0.2) is 28.7 Å². The fraction of sp³-hybridized carbons (Fsp3) is 0.261. The van der Waals surface area contributed by atoms with Gasteiger partial charge in [-0.05, 0) is 67.5 Å². The van der Waals surface area contributed by atoms with Gasteiger partial charge in [-0.1, -0.05) is 18.7 Å². The zero-order chi connectivity index (χ0) is 20.1. The molecule has 5 rings (SSSR count). The number of aryl methyl sites for hydroxylation is 2. The normalized spacial score (nSPS) is 20.6. The van der Waals surface area contributed by atoms with E-state index in [0.29, 0.717) is 30.0 Å². The van der Waals surface area contributed by atoms with Crippen LogP contribution in [0.25, 0.3) is 0 Å². The van der Waals surface area contributed by atoms with Crippen molar-refractivity contribution >= 4 is 17.7 Å². The van der Waals surface area contributed by atoms with E-state index in [9.17, 15) is 14.4 Å². The first-order valence-electron chi connectivity index (χ1n) is 9.82. The Morgan fingerprint density at radius 1 is 1.00 bits per heavy atom. The van der Waals surface area contributed by atoms with Gasteiger partial charge in [0.15, 0.2) is 0 Å². The van der Waals surface area contributed by atoms with Crippen molar-refractivity contribution < 1.29 is 19.1 Å². The minimum Gasteiger partial charge on any atom is -0.456 e. The quantitative estimate of drug-likeness (QED) is 0.818. The van der Waals surface area contributed by atoms with Gasteiger partial charge in [0.2, 0.25) is 5.91 Å². The molecule has 0 bridgehead atoms. The molecular weight excluding hydrogens is 368 g/mol. The maximum absolute atomic E-state index is 13.2. The van der Waals surface area contributed by atoms with Gasteiger partial charge in [0, 0.05) is 5.70 Å². The third kappa shape index (κ3) is 2.83. The fourth-order valence-corrected chi connectivity index (χ4v) is 4.39. The van der Waals surface area contributed by atoms with E-state index in [1.165, 1.54) is 11.1 Å². The van der Waals surface area contributed by atoms with Crippen LogP contribution < -0.4 is 10.1 Å². The first kappa shape index (κ1) is 17.7. The molecule has 1 N–H and O–H groups in total. The Bertz CT molecular complexity index is 1090. The van der Waals surface area contributed by atoms with E-state index >= 15 is 0 Å². The standard InChI is InChI=1S/C23H20N2O4/c1-13-8-11-18(21(26)24-13)25-22(27)17-6-3-7-19(20(17)23(25)28)29-16-10-9-14-4-2-5-15(14)12-16/h3,6-7,9-10,12,18H,1-2,4-5,8,11H2,(H,24,26). The topological polar surface area (TPSA) is 75.7 Å². The second kappa shape index (κ2) is 6.58. The number of benzene rings is 2. The number of allylic oxidation sites excluding steroid dienone is 1. The van der Waals surface area contributed by atoms with E-state index < -0.39 is 17.9 Å². The maximum Gasteiger partial charge on any atom is 0.266 e. The molecule has 2 aromatic carbocycles. The molecule has 3 aliphatic rings. The van der Waals surface area contributed by atoms with Crippen LogP contribution in [0.1, 0.15) is 51.1 Å². The maximum atomic E-state index is 13.2. The minimum absolute atomic E-state index is 0.218. The molecule has 1 unspecified atom stereocenters. The number of amides is 3. The summed E-state index contributed by atoms with van der Waals surface area (Å²) in [5.41, 5.74) is 3.68. The average Bonchev–Trinajstić information content (AvgIpc) is 3.26. The molecule has 1 atom stereocenters. The van der Waals surface area contributed by atoms with Gasteiger partial charge in [-0.15, -0.1) is 0 Å². The van der Waals surface area contributed by atoms with Crippen LogP contribution in [0.3, 0.4) is 0 Å². The number of imide groups is 1. The van der Waals surface area contributed by atoms with Crippen molar-refractivity contribution in [2.24, 2.45) is 0 Å². The highest BCUT2D eigenvalue weighted by Gasteiger charge is 2.45. The van der Waals surface area contributed by atoms with Crippen LogP contribution in [0.15, 0.2) is 48.7 Å². The van der Waals surface area contributed by atoms with E-state index in [0.717, 1.165) is 24.2 Å². The largest absolute Gasteiger partial charge is 0.456 e. The van der Waals surface area contributed by atoms with Crippen LogP contribution in [0.2, 0.25) is 0 Å². The van der Waals surface area contributed by atoms with Crippen LogP contribution in [0, 0.1) is 0 Å². The van der Waals surface area contributed by atoms with Crippen LogP contribution in [-0.2, 0) is 17.6 Å². The summed E-state index contributed by atoms with van der Waals surface area (Å²) >= 11 is 0. The highest BCUT2D eigenvalue weighted by Crippen LogP contribution is 2.37. The van der Waals surface area contributed by atoms with Crippen molar-refractivity contribution in [2.75, 3.05) is 0 Å². The molecular formula is C23H20N2O4. The monoisotopic (exact) mass is 388 g/mol. The van der Waals surface area contributed by atoms with E-state index in [-0.39, 0.29) is 17.0 Å². The number of nitrogens with zero attached hydrogens (tertiary/aromatic N) is 1. The van der Waals surface area contributed by atoms with Gasteiger partial charge in [0.1, 0.15) is 17.5 Å². The van der Waals surface area contributed by atoms with E-state index in [1.807, 2.05) is 12.1 Å². The van der Waals surface area contributed by atoms with E-state index in [2.05, 4.69) is 18.0 Å². The van der Waals surface area contributed by atoms with Crippen LogP contribution in [0.5, 0.6) is 11.5 Å². The van der Waals surface area contributed by atoms with E-state index in [4.69, 9.17) is 4.74 Å². The summed E-state index contributed by atoms with van der Waals surface area (Å²) in [4.78, 5) is 39.5. The molecule has 6 nitrogen and oxygen atoms in total. The van der Waals surface area contributed by atoms with Gasteiger partial charge < -0.3 is 10.1 Å². The molecule has 29 heavy (non-hydrogen) atoms. The van der Waals surface area contributed by atoms with Crippen molar-refractivity contribution in [2.45, 2.75) is 38.1 Å². The summed E-state index contributed by atoms with van der Waals surface area (Å²) in [5, 5.41) is 2.64. The number of hydrogen-bond donors (Lipinski definition) is 1. The van der Waals surface area contributed by atoms with Crippen LogP contribution >= 0.6 is 0 Å². The zero-order valence-corrected chi connectivity index (χ0v) is 15.9. The smallest absolute Gasteiger partial charge is 0.266 e. The third-order valence-electron chi connectivity index (χ3n) is 5.84. The van der Waals surface area contributed by atoms with Gasteiger partial charge in [-0.3, -0.25) is 19.3 Å². The number of piperidine rings is 1. The number of ether oxygens (including phenoxy) is 1. The van der Waals surface area contributed by atoms with Crippen molar-refractivity contribution in [1.29, 1.82) is 0 Å². The second-order valence-corrected chi connectivity index (χ2v) is 7.69. The molecule has 146 valence electrons. The summed E-state index contributed by atoms with van der Waals surface area (Å²) in [6, 6.07) is 10.1. The summed E-state index contributed by atoms with van der Waals surface area (Å²) < 4.78 is 6.03. The number of carbonyl (C=O) groups is 3. The Morgan fingerprint density at radius 2 is 1.83 bits per heavy atom. The number of carbonyl (C=O) groups excluding carboxylic acids is 3. The zero-order valence-electron chi connectivity index (χ0n) is 15.9. The summed E-state index contributed by atoms with van der Waals surface area (Å²) in [5.74, 6) is -0.352. The highest BCUT2D eigenvalue weighted by molar-refractivity contribution is 6.24. The molecule has 1 aliphatic carbocycles. The SMILES string of the molecule is C=C1CCC(N2C(=O)c3cccc(Oc4ccc5c(c4)CCC5)c3C2=O)C(=O)N1. The fourth-order valence-electron chi connectivity index (χ4n) is 4.39. The first-order chi connectivity index (χ1) is 14.0. The molecule has 2 heterocycles. The Morgan fingerprint density at radius 3 is 2.66 bits per heavy atom. The number of fused-ring (bicyclic) bond motifs is 2. The lowest BCUT2D eigenvalue weighted by molar-refractivity contribution is -0.125. The van der Waals surface area contributed by atoms with Crippen molar-refractivity contribution in [3.63, 3.8) is 0 Å². The van der Waals surface area contributed by atoms with Gasteiger partial charge in [-0.25, -0.2) is 0 Å². The molecule has 1 fully saturated rings. The molecule has 0 radical (unpaired) electrons. The molecule has 0 aromatic heterocycles. The lowest BCUT2D eigenvalue weighted by atomic mass is 10.0. The Labute approximate surface area is 168 Å². The lowest BCUT2D eigenvalue weighted by Gasteiger charge is -2.29. The van der Waals surface area contributed by atoms with Crippen LogP contribution in [0.4, 0.5) is 0 Å². The van der Waals surface area contributed by atoms with E-state index in [1.54, 1.807) is 18.2 Å². The first-order valence-corrected chi connectivity index (χ1v) is 9.82. The summed E-state index contributed by atoms with van der Waals surface area (Å²) in [7, 11) is 0. The Kier molecular flexibility index (Phi) is 4.01. The molecule has 3 amide bonds. The van der Waals surface area contributed by atoms with Crippen molar-refractivity contribution in [3.05, 3.63) is 70.9 Å². The van der Waals surface area contributed by atoms with Crippen molar-refractivity contribution in [1.82, 2.24) is 10.2 Å². The lowest BCUT2D eigenvalue weighted by Crippen LogP contribution is -2.51. The minimum atomic E-state index is -0.833. The summed E-state index contributed by atoms with van der Waals surface area (Å²) in [6.45, 7) is 3.75. The molecule has 0 spiro atoms. The number of hydrogen-bond acceptors (Lipinski definition) is 4. The Hall–Kier alpha value is -3.41. The highest BCUT2D eigenvalue weighted by atomic mass is 16.5. The average molecular weight is 388 g/mol. The number of rotatable bonds is 3. The molecule has 6 heteroatoms. The van der Waals surface area contributed by atoms with Gasteiger partial charge in [-0.2, -0.15) is 0 Å². The van der Waals surface area contributed by atoms with Crippen molar-refractivity contribution in [3.8, 4) is 11.5 Å². The Balaban J connectivity index is 1.47. The molecule has 1 saturated heterocycles. The number of nitrogens with one attached hydrogen (secondary N) is 1. The molecule has 2 aromatic rings. The molecule has 0 saturated carbocycles. The van der Waals surface area contributed by atoms with Gasteiger partial charge in [0.05, 0.1) is 11.1 Å². The van der Waals surface area contributed by atoms with Gasteiger partial charge >= 0.3 is 0 Å². The predicted molar refractivity (Wildman–Crippen MR) is 106 cm³/mol. The second-order valence-electron chi connectivity index (χ2n) is 7.69. The molecule has 2 aliphatic heterocycles. The third-order valence-corrected chi connectivity index (χ3v) is 5.84.